The maximum Gasteiger partial charge on any atom is 0.497 e. The van der Waals surface area contributed by atoms with Crippen LogP contribution in [0.25, 0.3) is 0 Å². The van der Waals surface area contributed by atoms with Crippen LogP contribution in [0.3, 0.4) is 0 Å². The normalized spacial score (nSPS) is 11.8. The molecule has 0 spiro atoms. The van der Waals surface area contributed by atoms with Gasteiger partial charge in [-0.15, -0.1) is 0 Å². The van der Waals surface area contributed by atoms with E-state index in [1.54, 1.807) is 12.1 Å². The van der Waals surface area contributed by atoms with Crippen LogP contribution >= 0.6 is 0 Å². The van der Waals surface area contributed by atoms with Gasteiger partial charge in [-0.3, -0.25) is 0 Å². The van der Waals surface area contributed by atoms with Gasteiger partial charge in [0.15, 0.2) is 0 Å². The Bertz CT molecular complexity index is 356. The minimum absolute atomic E-state index is 0.187. The predicted molar refractivity (Wildman–Crippen MR) is 70.8 cm³/mol. The van der Waals surface area contributed by atoms with Gasteiger partial charge in [-0.2, -0.15) is 0 Å². The SMILES string of the molecule is CO[Si](O)(CCCCCc1cccc(F)c1)OC. The molecule has 1 rings (SSSR count). The van der Waals surface area contributed by atoms with Gasteiger partial charge in [0.05, 0.1) is 0 Å². The number of halogens is 1. The first kappa shape index (κ1) is 15.3. The number of hydrogen-bond donors (Lipinski definition) is 1. The Hall–Kier alpha value is -0.753. The zero-order chi connectivity index (χ0) is 13.4. The van der Waals surface area contributed by atoms with Gasteiger partial charge in [-0.1, -0.05) is 18.6 Å². The van der Waals surface area contributed by atoms with Crippen LogP contribution in [0, 0.1) is 5.82 Å². The molecule has 0 saturated carbocycles. The third-order valence-electron chi connectivity index (χ3n) is 2.99. The lowest BCUT2D eigenvalue weighted by Crippen LogP contribution is -2.39. The molecule has 102 valence electrons. The zero-order valence-corrected chi connectivity index (χ0v) is 12.0. The number of hydrogen-bond acceptors (Lipinski definition) is 3. The van der Waals surface area contributed by atoms with Gasteiger partial charge in [0, 0.05) is 20.3 Å². The molecular weight excluding hydrogens is 251 g/mol. The van der Waals surface area contributed by atoms with Crippen molar-refractivity contribution in [3.8, 4) is 0 Å². The first-order valence-electron chi connectivity index (χ1n) is 6.17. The number of aryl methyl sites for hydroxylation is 1. The van der Waals surface area contributed by atoms with Crippen LogP contribution in [0.5, 0.6) is 0 Å². The molecule has 0 unspecified atom stereocenters. The van der Waals surface area contributed by atoms with Gasteiger partial charge < -0.3 is 13.6 Å². The second-order valence-electron chi connectivity index (χ2n) is 4.31. The fourth-order valence-electron chi connectivity index (χ4n) is 1.83. The molecule has 3 nitrogen and oxygen atoms in total. The molecular formula is C13H21FO3Si. The van der Waals surface area contributed by atoms with Crippen molar-refractivity contribution < 1.29 is 18.0 Å². The predicted octanol–water partition coefficient (Wildman–Crippen LogP) is 2.76. The van der Waals surface area contributed by atoms with Gasteiger partial charge >= 0.3 is 8.80 Å². The molecule has 5 heteroatoms. The minimum Gasteiger partial charge on any atom is -0.390 e. The number of unbranched alkanes of at least 4 members (excludes halogenated alkanes) is 2. The largest absolute Gasteiger partial charge is 0.497 e. The zero-order valence-electron chi connectivity index (χ0n) is 11.0. The Morgan fingerprint density at radius 3 is 2.50 bits per heavy atom. The fraction of sp³-hybridized carbons (Fsp3) is 0.538. The molecule has 0 atom stereocenters. The van der Waals surface area contributed by atoms with E-state index in [0.717, 1.165) is 31.2 Å². The molecule has 0 heterocycles. The lowest BCUT2D eigenvalue weighted by Gasteiger charge is -2.19. The van der Waals surface area contributed by atoms with Gasteiger partial charge in [0.2, 0.25) is 0 Å². The van der Waals surface area contributed by atoms with Crippen molar-refractivity contribution in [2.24, 2.45) is 0 Å². The summed E-state index contributed by atoms with van der Waals surface area (Å²) in [5.41, 5.74) is 1.01. The maximum absolute atomic E-state index is 12.9. The standard InChI is InChI=1S/C13H21FO3Si/c1-16-18(15,17-2)10-5-3-4-7-12-8-6-9-13(14)11-12/h6,8-9,11,15H,3-5,7,10H2,1-2H3. The van der Waals surface area contributed by atoms with E-state index in [9.17, 15) is 9.19 Å². The highest BCUT2D eigenvalue weighted by Gasteiger charge is 2.33. The van der Waals surface area contributed by atoms with Crippen molar-refractivity contribution in [3.63, 3.8) is 0 Å². The van der Waals surface area contributed by atoms with Gasteiger partial charge in [0.1, 0.15) is 5.82 Å². The number of rotatable bonds is 8. The summed E-state index contributed by atoms with van der Waals surface area (Å²) in [6.07, 6.45) is 3.66. The number of benzene rings is 1. The summed E-state index contributed by atoms with van der Waals surface area (Å²) in [5.74, 6) is -0.187. The molecule has 1 N–H and O–H groups in total. The van der Waals surface area contributed by atoms with E-state index in [0.29, 0.717) is 6.04 Å². The molecule has 0 radical (unpaired) electrons. The average Bonchev–Trinajstić information content (AvgIpc) is 2.38. The molecule has 1 aromatic carbocycles. The van der Waals surface area contributed by atoms with Gasteiger partial charge in [-0.25, -0.2) is 4.39 Å². The van der Waals surface area contributed by atoms with Crippen LogP contribution < -0.4 is 0 Å². The molecule has 0 aliphatic rings. The summed E-state index contributed by atoms with van der Waals surface area (Å²) in [5, 5.41) is 0. The fourth-order valence-corrected chi connectivity index (χ4v) is 3.11. The minimum atomic E-state index is -2.90. The Morgan fingerprint density at radius 1 is 1.17 bits per heavy atom. The topological polar surface area (TPSA) is 38.7 Å². The molecule has 1 aromatic rings. The van der Waals surface area contributed by atoms with E-state index in [1.165, 1.54) is 20.3 Å². The first-order chi connectivity index (χ1) is 8.59. The molecule has 0 fully saturated rings. The van der Waals surface area contributed by atoms with E-state index in [-0.39, 0.29) is 5.82 Å². The van der Waals surface area contributed by atoms with E-state index in [2.05, 4.69) is 0 Å². The van der Waals surface area contributed by atoms with E-state index in [4.69, 9.17) is 8.85 Å². The molecule has 0 aliphatic carbocycles. The molecule has 0 bridgehead atoms. The van der Waals surface area contributed by atoms with Crippen molar-refractivity contribution >= 4 is 8.80 Å². The summed E-state index contributed by atoms with van der Waals surface area (Å²) < 4.78 is 22.9. The van der Waals surface area contributed by atoms with E-state index >= 15 is 0 Å². The highest BCUT2D eigenvalue weighted by molar-refractivity contribution is 6.59. The molecule has 0 aromatic heterocycles. The molecule has 0 saturated heterocycles. The Labute approximate surface area is 109 Å². The summed E-state index contributed by atoms with van der Waals surface area (Å²) in [7, 11) is 0.0538. The average molecular weight is 272 g/mol. The van der Waals surface area contributed by atoms with Crippen molar-refractivity contribution in [2.45, 2.75) is 31.7 Å². The lowest BCUT2D eigenvalue weighted by atomic mass is 10.1. The third-order valence-corrected chi connectivity index (χ3v) is 5.25. The summed E-state index contributed by atoms with van der Waals surface area (Å²) in [4.78, 5) is 9.83. The second-order valence-corrected chi connectivity index (χ2v) is 7.05. The van der Waals surface area contributed by atoms with Crippen molar-refractivity contribution in [1.29, 1.82) is 0 Å². The molecule has 0 amide bonds. The second kappa shape index (κ2) is 7.63. The lowest BCUT2D eigenvalue weighted by molar-refractivity contribution is 0.150. The quantitative estimate of drug-likeness (QED) is 0.584. The van der Waals surface area contributed by atoms with E-state index < -0.39 is 8.80 Å². The summed E-state index contributed by atoms with van der Waals surface area (Å²) in [6.45, 7) is 0. The molecule has 0 aliphatic heterocycles. The van der Waals surface area contributed by atoms with Crippen LogP contribution in [-0.4, -0.2) is 27.8 Å². The van der Waals surface area contributed by atoms with Crippen LogP contribution in [0.15, 0.2) is 24.3 Å². The van der Waals surface area contributed by atoms with Gasteiger partial charge in [0.25, 0.3) is 0 Å². The summed E-state index contributed by atoms with van der Waals surface area (Å²) >= 11 is 0. The first-order valence-corrected chi connectivity index (χ1v) is 8.14. The van der Waals surface area contributed by atoms with Crippen molar-refractivity contribution in [3.05, 3.63) is 35.6 Å². The Balaban J connectivity index is 2.19. The highest BCUT2D eigenvalue weighted by Crippen LogP contribution is 2.15. The van der Waals surface area contributed by atoms with Crippen LogP contribution in [0.2, 0.25) is 6.04 Å². The van der Waals surface area contributed by atoms with Crippen molar-refractivity contribution in [2.75, 3.05) is 14.2 Å². The van der Waals surface area contributed by atoms with E-state index in [1.807, 2.05) is 6.07 Å². The Morgan fingerprint density at radius 2 is 1.89 bits per heavy atom. The monoisotopic (exact) mass is 272 g/mol. The third kappa shape index (κ3) is 5.26. The van der Waals surface area contributed by atoms with Crippen molar-refractivity contribution in [1.82, 2.24) is 0 Å². The van der Waals surface area contributed by atoms with Crippen LogP contribution in [-0.2, 0) is 15.3 Å². The van der Waals surface area contributed by atoms with Crippen LogP contribution in [0.4, 0.5) is 4.39 Å². The van der Waals surface area contributed by atoms with Crippen LogP contribution in [0.1, 0.15) is 24.8 Å². The highest BCUT2D eigenvalue weighted by atomic mass is 28.4. The summed E-state index contributed by atoms with van der Waals surface area (Å²) in [6, 6.07) is 7.25. The van der Waals surface area contributed by atoms with Gasteiger partial charge in [-0.05, 0) is 37.0 Å². The smallest absolute Gasteiger partial charge is 0.390 e. The Kier molecular flexibility index (Phi) is 6.49. The maximum atomic E-state index is 12.9. The molecule has 18 heavy (non-hydrogen) atoms.